The van der Waals surface area contributed by atoms with Gasteiger partial charge in [0.05, 0.1) is 22.8 Å². The minimum atomic E-state index is -3.06. The number of benzene rings is 1. The summed E-state index contributed by atoms with van der Waals surface area (Å²) in [5.41, 5.74) is 7.38. The molecular formula is C13H18FN3O2S. The fourth-order valence-electron chi connectivity index (χ4n) is 2.20. The van der Waals surface area contributed by atoms with Gasteiger partial charge in [-0.25, -0.2) is 17.8 Å². The van der Waals surface area contributed by atoms with Gasteiger partial charge >= 0.3 is 0 Å². The Morgan fingerprint density at radius 1 is 1.45 bits per heavy atom. The molecule has 0 fully saturated rings. The molecule has 0 bridgehead atoms. The molecule has 1 aromatic carbocycles. The van der Waals surface area contributed by atoms with Gasteiger partial charge < -0.3 is 10.3 Å². The van der Waals surface area contributed by atoms with E-state index in [2.05, 4.69) is 4.98 Å². The lowest BCUT2D eigenvalue weighted by molar-refractivity contribution is 0.573. The first-order valence-corrected chi connectivity index (χ1v) is 8.47. The second-order valence-electron chi connectivity index (χ2n) is 4.87. The molecule has 7 heteroatoms. The van der Waals surface area contributed by atoms with Gasteiger partial charge in [-0.2, -0.15) is 0 Å². The highest BCUT2D eigenvalue weighted by Crippen LogP contribution is 2.22. The van der Waals surface area contributed by atoms with Crippen LogP contribution in [0.25, 0.3) is 11.0 Å². The Kier molecular flexibility index (Phi) is 4.10. The molecule has 0 aliphatic rings. The van der Waals surface area contributed by atoms with Crippen molar-refractivity contribution in [1.29, 1.82) is 0 Å². The Balaban J connectivity index is 2.38. The van der Waals surface area contributed by atoms with E-state index in [4.69, 9.17) is 5.73 Å². The number of nitrogens with two attached hydrogens (primary N) is 1. The Labute approximate surface area is 117 Å². The van der Waals surface area contributed by atoms with Crippen LogP contribution in [0.5, 0.6) is 0 Å². The van der Waals surface area contributed by atoms with Gasteiger partial charge in [-0.05, 0) is 31.5 Å². The number of sulfone groups is 1. The second kappa shape index (κ2) is 5.49. The molecule has 2 aromatic rings. The van der Waals surface area contributed by atoms with E-state index in [1.807, 2.05) is 11.5 Å². The van der Waals surface area contributed by atoms with Gasteiger partial charge in [0.25, 0.3) is 0 Å². The summed E-state index contributed by atoms with van der Waals surface area (Å²) in [5, 5.41) is 0. The summed E-state index contributed by atoms with van der Waals surface area (Å²) in [4.78, 5) is 4.40. The van der Waals surface area contributed by atoms with E-state index in [0.29, 0.717) is 29.8 Å². The zero-order valence-corrected chi connectivity index (χ0v) is 12.3. The van der Waals surface area contributed by atoms with Gasteiger partial charge in [0.1, 0.15) is 21.5 Å². The Hall–Kier alpha value is -1.47. The van der Waals surface area contributed by atoms with Crippen molar-refractivity contribution in [2.75, 3.05) is 12.0 Å². The van der Waals surface area contributed by atoms with Crippen LogP contribution in [0.15, 0.2) is 18.2 Å². The standard InChI is InChI=1S/C13H18FN3O2S/c1-3-17-12-8-9(14)4-5-11(12)16-13(17)10(15)6-7-20(2,18)19/h4-5,8,10H,3,6-7,15H2,1-2H3. The summed E-state index contributed by atoms with van der Waals surface area (Å²) in [7, 11) is -3.06. The number of hydrogen-bond donors (Lipinski definition) is 1. The largest absolute Gasteiger partial charge is 0.327 e. The number of fused-ring (bicyclic) bond motifs is 1. The van der Waals surface area contributed by atoms with E-state index in [-0.39, 0.29) is 11.6 Å². The molecule has 0 saturated heterocycles. The third kappa shape index (κ3) is 3.16. The summed E-state index contributed by atoms with van der Waals surface area (Å²) in [5.74, 6) is 0.273. The summed E-state index contributed by atoms with van der Waals surface area (Å²) in [6, 6.07) is 3.88. The van der Waals surface area contributed by atoms with E-state index < -0.39 is 15.9 Å². The normalized spacial score (nSPS) is 13.8. The quantitative estimate of drug-likeness (QED) is 0.910. The summed E-state index contributed by atoms with van der Waals surface area (Å²) in [6.07, 6.45) is 1.47. The lowest BCUT2D eigenvalue weighted by Crippen LogP contribution is -2.19. The van der Waals surface area contributed by atoms with Gasteiger partial charge in [0.2, 0.25) is 0 Å². The highest BCUT2D eigenvalue weighted by Gasteiger charge is 2.18. The average molecular weight is 299 g/mol. The molecule has 0 aliphatic heterocycles. The predicted molar refractivity (Wildman–Crippen MR) is 76.6 cm³/mol. The van der Waals surface area contributed by atoms with E-state index in [1.54, 1.807) is 6.07 Å². The second-order valence-corrected chi connectivity index (χ2v) is 7.13. The Morgan fingerprint density at radius 2 is 2.15 bits per heavy atom. The maximum atomic E-state index is 13.3. The number of imidazole rings is 1. The SMILES string of the molecule is CCn1c(C(N)CCS(C)(=O)=O)nc2ccc(F)cc21. The van der Waals surface area contributed by atoms with Gasteiger partial charge in [-0.15, -0.1) is 0 Å². The van der Waals surface area contributed by atoms with Crippen molar-refractivity contribution >= 4 is 20.9 Å². The minimum Gasteiger partial charge on any atom is -0.327 e. The molecular weight excluding hydrogens is 281 g/mol. The van der Waals surface area contributed by atoms with Crippen molar-refractivity contribution < 1.29 is 12.8 Å². The summed E-state index contributed by atoms with van der Waals surface area (Å²) >= 11 is 0. The van der Waals surface area contributed by atoms with Crippen LogP contribution in [0.4, 0.5) is 4.39 Å². The summed E-state index contributed by atoms with van der Waals surface area (Å²) in [6.45, 7) is 2.51. The van der Waals surface area contributed by atoms with Crippen LogP contribution in [0.1, 0.15) is 25.2 Å². The van der Waals surface area contributed by atoms with Crippen molar-refractivity contribution in [2.45, 2.75) is 25.9 Å². The fraction of sp³-hybridized carbons (Fsp3) is 0.462. The van der Waals surface area contributed by atoms with Crippen LogP contribution >= 0.6 is 0 Å². The van der Waals surface area contributed by atoms with Crippen molar-refractivity contribution in [1.82, 2.24) is 9.55 Å². The number of aryl methyl sites for hydroxylation is 1. The monoisotopic (exact) mass is 299 g/mol. The van der Waals surface area contributed by atoms with Crippen molar-refractivity contribution in [3.63, 3.8) is 0 Å². The lowest BCUT2D eigenvalue weighted by atomic mass is 10.2. The highest BCUT2D eigenvalue weighted by atomic mass is 32.2. The molecule has 0 spiro atoms. The molecule has 0 amide bonds. The van der Waals surface area contributed by atoms with E-state index in [1.165, 1.54) is 18.4 Å². The number of hydrogen-bond acceptors (Lipinski definition) is 4. The zero-order chi connectivity index (χ0) is 14.9. The van der Waals surface area contributed by atoms with Crippen molar-refractivity contribution in [3.8, 4) is 0 Å². The van der Waals surface area contributed by atoms with Crippen LogP contribution in [-0.4, -0.2) is 30.0 Å². The maximum Gasteiger partial charge on any atom is 0.147 e. The first-order chi connectivity index (χ1) is 9.31. The van der Waals surface area contributed by atoms with Crippen LogP contribution in [0.3, 0.4) is 0 Å². The summed E-state index contributed by atoms with van der Waals surface area (Å²) < 4.78 is 37.6. The van der Waals surface area contributed by atoms with E-state index >= 15 is 0 Å². The molecule has 5 nitrogen and oxygen atoms in total. The maximum absolute atomic E-state index is 13.3. The number of aromatic nitrogens is 2. The molecule has 0 saturated carbocycles. The third-order valence-corrected chi connectivity index (χ3v) is 4.16. The Bertz CT molecular complexity index is 725. The molecule has 2 N–H and O–H groups in total. The minimum absolute atomic E-state index is 0.00937. The predicted octanol–water partition coefficient (Wildman–Crippen LogP) is 1.63. The van der Waals surface area contributed by atoms with Crippen LogP contribution in [-0.2, 0) is 16.4 Å². The van der Waals surface area contributed by atoms with E-state index in [9.17, 15) is 12.8 Å². The van der Waals surface area contributed by atoms with Gasteiger partial charge in [0, 0.05) is 12.8 Å². The first kappa shape index (κ1) is 14.9. The topological polar surface area (TPSA) is 78.0 Å². The fourth-order valence-corrected chi connectivity index (χ4v) is 2.88. The van der Waals surface area contributed by atoms with Crippen molar-refractivity contribution in [2.24, 2.45) is 5.73 Å². The molecule has 0 radical (unpaired) electrons. The molecule has 1 atom stereocenters. The van der Waals surface area contributed by atoms with Gasteiger partial charge in [0.15, 0.2) is 0 Å². The van der Waals surface area contributed by atoms with Gasteiger partial charge in [-0.1, -0.05) is 0 Å². The molecule has 1 unspecified atom stereocenters. The molecule has 1 aromatic heterocycles. The molecule has 20 heavy (non-hydrogen) atoms. The molecule has 110 valence electrons. The molecule has 2 rings (SSSR count). The van der Waals surface area contributed by atoms with E-state index in [0.717, 1.165) is 0 Å². The smallest absolute Gasteiger partial charge is 0.147 e. The molecule has 1 heterocycles. The number of nitrogens with zero attached hydrogens (tertiary/aromatic N) is 2. The third-order valence-electron chi connectivity index (χ3n) is 3.19. The average Bonchev–Trinajstić information content (AvgIpc) is 2.72. The Morgan fingerprint density at radius 3 is 2.75 bits per heavy atom. The number of halogens is 1. The van der Waals surface area contributed by atoms with Crippen LogP contribution < -0.4 is 5.73 Å². The van der Waals surface area contributed by atoms with Crippen LogP contribution in [0, 0.1) is 5.82 Å². The zero-order valence-electron chi connectivity index (χ0n) is 11.5. The first-order valence-electron chi connectivity index (χ1n) is 6.41. The van der Waals surface area contributed by atoms with Crippen molar-refractivity contribution in [3.05, 3.63) is 29.8 Å². The highest BCUT2D eigenvalue weighted by molar-refractivity contribution is 7.90. The number of rotatable bonds is 5. The lowest BCUT2D eigenvalue weighted by Gasteiger charge is -2.12. The van der Waals surface area contributed by atoms with Crippen LogP contribution in [0.2, 0.25) is 0 Å². The molecule has 0 aliphatic carbocycles. The van der Waals surface area contributed by atoms with Gasteiger partial charge in [-0.3, -0.25) is 0 Å².